The summed E-state index contributed by atoms with van der Waals surface area (Å²) in [5.41, 5.74) is 2.00. The second-order valence-electron chi connectivity index (χ2n) is 4.80. The van der Waals surface area contributed by atoms with Crippen LogP contribution in [0.25, 0.3) is 0 Å². The van der Waals surface area contributed by atoms with Gasteiger partial charge in [-0.15, -0.1) is 0 Å². The van der Waals surface area contributed by atoms with Crippen molar-refractivity contribution in [1.82, 2.24) is 9.78 Å². The van der Waals surface area contributed by atoms with Gasteiger partial charge in [-0.05, 0) is 31.0 Å². The van der Waals surface area contributed by atoms with E-state index in [9.17, 15) is 8.78 Å². The van der Waals surface area contributed by atoms with Crippen LogP contribution in [0.15, 0.2) is 30.5 Å². The number of hydrogen-bond acceptors (Lipinski definition) is 3. The fourth-order valence-corrected chi connectivity index (χ4v) is 2.56. The van der Waals surface area contributed by atoms with Crippen molar-refractivity contribution in [2.45, 2.75) is 26.0 Å². The lowest BCUT2D eigenvalue weighted by Gasteiger charge is -2.26. The van der Waals surface area contributed by atoms with Gasteiger partial charge in [0, 0.05) is 12.1 Å². The van der Waals surface area contributed by atoms with Gasteiger partial charge in [-0.25, -0.2) is 4.68 Å². The van der Waals surface area contributed by atoms with E-state index in [0.717, 1.165) is 29.9 Å². The van der Waals surface area contributed by atoms with E-state index in [-0.39, 0.29) is 11.8 Å². The minimum atomic E-state index is -2.80. The van der Waals surface area contributed by atoms with E-state index in [1.807, 2.05) is 17.7 Å². The Morgan fingerprint density at radius 3 is 3.10 bits per heavy atom. The molecule has 2 heterocycles. The second-order valence-corrected chi connectivity index (χ2v) is 4.80. The van der Waals surface area contributed by atoms with Gasteiger partial charge in [0.2, 0.25) is 0 Å². The summed E-state index contributed by atoms with van der Waals surface area (Å²) < 4.78 is 30.9. The molecule has 0 bridgehead atoms. The molecule has 0 radical (unpaired) electrons. The predicted molar refractivity (Wildman–Crippen MR) is 71.3 cm³/mol. The van der Waals surface area contributed by atoms with Gasteiger partial charge in [0.15, 0.2) is 0 Å². The molecule has 2 aromatic rings. The van der Waals surface area contributed by atoms with Crippen molar-refractivity contribution in [2.24, 2.45) is 0 Å². The lowest BCUT2D eigenvalue weighted by Crippen LogP contribution is -2.24. The number of hydrogen-bond donors (Lipinski definition) is 1. The molecule has 0 fully saturated rings. The molecule has 106 valence electrons. The number of fused-ring (bicyclic) bond motifs is 1. The minimum Gasteiger partial charge on any atom is -0.435 e. The topological polar surface area (TPSA) is 39.1 Å². The Hall–Kier alpha value is -2.11. The van der Waals surface area contributed by atoms with Crippen LogP contribution in [0.5, 0.6) is 5.75 Å². The third kappa shape index (κ3) is 2.33. The van der Waals surface area contributed by atoms with Gasteiger partial charge >= 0.3 is 6.61 Å². The fourth-order valence-electron chi connectivity index (χ4n) is 2.56. The molecule has 0 spiro atoms. The van der Waals surface area contributed by atoms with Crippen LogP contribution < -0.4 is 10.1 Å². The molecule has 6 heteroatoms. The monoisotopic (exact) mass is 279 g/mol. The first-order valence-electron chi connectivity index (χ1n) is 6.48. The van der Waals surface area contributed by atoms with Gasteiger partial charge < -0.3 is 10.1 Å². The van der Waals surface area contributed by atoms with Gasteiger partial charge in [-0.2, -0.15) is 13.9 Å². The quantitative estimate of drug-likeness (QED) is 0.937. The number of nitrogens with one attached hydrogen (secondary N) is 1. The number of aryl methyl sites for hydroxylation is 1. The predicted octanol–water partition coefficient (Wildman–Crippen LogP) is 3.20. The molecule has 20 heavy (non-hydrogen) atoms. The third-order valence-electron chi connectivity index (χ3n) is 3.45. The number of nitrogens with zero attached hydrogens (tertiary/aromatic N) is 2. The molecule has 1 aliphatic heterocycles. The van der Waals surface area contributed by atoms with Crippen molar-refractivity contribution in [3.63, 3.8) is 0 Å². The van der Waals surface area contributed by atoms with Crippen LogP contribution in [0.4, 0.5) is 14.6 Å². The minimum absolute atomic E-state index is 0.0428. The van der Waals surface area contributed by atoms with Gasteiger partial charge in [0.05, 0.1) is 12.2 Å². The zero-order chi connectivity index (χ0) is 14.1. The van der Waals surface area contributed by atoms with Gasteiger partial charge in [-0.1, -0.05) is 12.1 Å². The molecule has 1 aromatic heterocycles. The van der Waals surface area contributed by atoms with Crippen LogP contribution >= 0.6 is 0 Å². The molecule has 1 unspecified atom stereocenters. The van der Waals surface area contributed by atoms with E-state index >= 15 is 0 Å². The van der Waals surface area contributed by atoms with Crippen LogP contribution in [0.1, 0.15) is 23.6 Å². The van der Waals surface area contributed by atoms with Crippen molar-refractivity contribution in [2.75, 3.05) is 11.9 Å². The normalized spacial score (nSPS) is 17.7. The number of aromatic nitrogens is 2. The van der Waals surface area contributed by atoms with Crippen molar-refractivity contribution in [3.8, 4) is 5.75 Å². The zero-order valence-electron chi connectivity index (χ0n) is 11.0. The summed E-state index contributed by atoms with van der Waals surface area (Å²) in [6, 6.07) is 6.87. The zero-order valence-corrected chi connectivity index (χ0v) is 11.0. The van der Waals surface area contributed by atoms with Crippen LogP contribution in [-0.4, -0.2) is 22.9 Å². The summed E-state index contributed by atoms with van der Waals surface area (Å²) in [5.74, 6) is 1.17. The van der Waals surface area contributed by atoms with E-state index < -0.39 is 6.61 Å². The maximum Gasteiger partial charge on any atom is 0.387 e. The highest BCUT2D eigenvalue weighted by atomic mass is 19.3. The SMILES string of the molecule is Cc1cnn2c1NCCC2c1cccc(OC(F)F)c1. The molecule has 0 saturated heterocycles. The molecule has 1 N–H and O–H groups in total. The summed E-state index contributed by atoms with van der Waals surface area (Å²) in [7, 11) is 0. The number of ether oxygens (including phenoxy) is 1. The second kappa shape index (κ2) is 5.11. The lowest BCUT2D eigenvalue weighted by atomic mass is 10.0. The molecular formula is C14H15F2N3O. The Morgan fingerprint density at radius 2 is 2.30 bits per heavy atom. The number of alkyl halides is 2. The largest absolute Gasteiger partial charge is 0.435 e. The van der Waals surface area contributed by atoms with Crippen molar-refractivity contribution in [1.29, 1.82) is 0 Å². The summed E-state index contributed by atoms with van der Waals surface area (Å²) in [5, 5.41) is 7.68. The average Bonchev–Trinajstić information content (AvgIpc) is 2.80. The highest BCUT2D eigenvalue weighted by Gasteiger charge is 2.23. The first-order chi connectivity index (χ1) is 9.65. The van der Waals surface area contributed by atoms with Crippen LogP contribution in [0.2, 0.25) is 0 Å². The number of anilines is 1. The van der Waals surface area contributed by atoms with Crippen LogP contribution in [-0.2, 0) is 0 Å². The summed E-state index contributed by atoms with van der Waals surface area (Å²) in [6.45, 7) is 0.0163. The number of benzene rings is 1. The Labute approximate surface area is 115 Å². The van der Waals surface area contributed by atoms with Crippen molar-refractivity contribution in [3.05, 3.63) is 41.6 Å². The van der Waals surface area contributed by atoms with E-state index in [0.29, 0.717) is 0 Å². The van der Waals surface area contributed by atoms with E-state index in [2.05, 4.69) is 15.2 Å². The molecule has 0 saturated carbocycles. The van der Waals surface area contributed by atoms with E-state index in [1.165, 1.54) is 6.07 Å². The standard InChI is InChI=1S/C14H15F2N3O/c1-9-8-18-19-12(5-6-17-13(9)19)10-3-2-4-11(7-10)20-14(15)16/h2-4,7-8,12,14,17H,5-6H2,1H3. The Bertz CT molecular complexity index is 612. The Morgan fingerprint density at radius 1 is 1.45 bits per heavy atom. The van der Waals surface area contributed by atoms with Crippen molar-refractivity contribution < 1.29 is 13.5 Å². The van der Waals surface area contributed by atoms with E-state index in [4.69, 9.17) is 0 Å². The molecule has 0 aliphatic carbocycles. The smallest absolute Gasteiger partial charge is 0.387 e. The molecule has 1 aliphatic rings. The maximum atomic E-state index is 12.3. The summed E-state index contributed by atoms with van der Waals surface area (Å²) in [4.78, 5) is 0. The highest BCUT2D eigenvalue weighted by Crippen LogP contribution is 2.32. The molecule has 4 nitrogen and oxygen atoms in total. The van der Waals surface area contributed by atoms with Gasteiger partial charge in [0.1, 0.15) is 11.6 Å². The average molecular weight is 279 g/mol. The number of rotatable bonds is 3. The molecular weight excluding hydrogens is 264 g/mol. The summed E-state index contributed by atoms with van der Waals surface area (Å²) in [6.07, 6.45) is 2.66. The Balaban J connectivity index is 1.94. The van der Waals surface area contributed by atoms with Crippen molar-refractivity contribution >= 4 is 5.82 Å². The first kappa shape index (κ1) is 12.9. The molecule has 1 atom stereocenters. The fraction of sp³-hybridized carbons (Fsp3) is 0.357. The summed E-state index contributed by atoms with van der Waals surface area (Å²) >= 11 is 0. The maximum absolute atomic E-state index is 12.3. The molecule has 3 rings (SSSR count). The molecule has 1 aromatic carbocycles. The number of halogens is 2. The highest BCUT2D eigenvalue weighted by molar-refractivity contribution is 5.46. The van der Waals surface area contributed by atoms with E-state index in [1.54, 1.807) is 18.3 Å². The first-order valence-corrected chi connectivity index (χ1v) is 6.48. The Kier molecular flexibility index (Phi) is 3.30. The van der Waals surface area contributed by atoms with Crippen LogP contribution in [0.3, 0.4) is 0 Å². The van der Waals surface area contributed by atoms with Gasteiger partial charge in [-0.3, -0.25) is 0 Å². The van der Waals surface area contributed by atoms with Crippen LogP contribution in [0, 0.1) is 6.92 Å². The lowest BCUT2D eigenvalue weighted by molar-refractivity contribution is -0.0499. The molecule has 0 amide bonds. The third-order valence-corrected chi connectivity index (χ3v) is 3.45. The van der Waals surface area contributed by atoms with Gasteiger partial charge in [0.25, 0.3) is 0 Å².